The van der Waals surface area contributed by atoms with E-state index in [0.717, 1.165) is 16.8 Å². The van der Waals surface area contributed by atoms with Crippen LogP contribution in [0.1, 0.15) is 21.7 Å². The molecule has 3 rings (SSSR count). The fourth-order valence-electron chi connectivity index (χ4n) is 2.94. The fourth-order valence-corrected chi connectivity index (χ4v) is 2.94. The molecule has 0 aliphatic heterocycles. The second-order valence-corrected chi connectivity index (χ2v) is 6.45. The number of aryl methyl sites for hydroxylation is 1. The summed E-state index contributed by atoms with van der Waals surface area (Å²) >= 11 is 0. The molecule has 0 saturated heterocycles. The fraction of sp³-hybridized carbons (Fsp3) is 0.190. The molecule has 0 radical (unpaired) electrons. The van der Waals surface area contributed by atoms with Gasteiger partial charge >= 0.3 is 6.18 Å². The van der Waals surface area contributed by atoms with E-state index in [4.69, 9.17) is 9.47 Å². The number of amides is 1. The Morgan fingerprint density at radius 3 is 2.42 bits per heavy atom. The Morgan fingerprint density at radius 2 is 1.77 bits per heavy atom. The standard InChI is InChI=1S/C21H18F3N3O4/c1-12-10-17(28)19(20(29)25-15-11-13(30-2)8-9-18(15)31-3)26-27(12)16-7-5-4-6-14(16)21(22,23)24/h4-11H,1-3H3,(H,25,29). The first-order chi connectivity index (χ1) is 14.7. The van der Waals surface area contributed by atoms with Crippen molar-refractivity contribution in [1.82, 2.24) is 9.78 Å². The van der Waals surface area contributed by atoms with E-state index < -0.39 is 28.8 Å². The molecule has 7 nitrogen and oxygen atoms in total. The molecule has 1 amide bonds. The van der Waals surface area contributed by atoms with E-state index in [0.29, 0.717) is 11.5 Å². The number of rotatable bonds is 5. The van der Waals surface area contributed by atoms with E-state index in [1.165, 1.54) is 45.4 Å². The smallest absolute Gasteiger partial charge is 0.418 e. The zero-order valence-electron chi connectivity index (χ0n) is 16.8. The molecule has 1 heterocycles. The van der Waals surface area contributed by atoms with Crippen molar-refractivity contribution in [3.8, 4) is 17.2 Å². The van der Waals surface area contributed by atoms with Crippen LogP contribution in [0.25, 0.3) is 5.69 Å². The van der Waals surface area contributed by atoms with Crippen molar-refractivity contribution in [3.05, 3.63) is 75.7 Å². The molecule has 0 saturated carbocycles. The van der Waals surface area contributed by atoms with Crippen LogP contribution in [0.3, 0.4) is 0 Å². The first-order valence-corrected chi connectivity index (χ1v) is 8.96. The quantitative estimate of drug-likeness (QED) is 0.661. The van der Waals surface area contributed by atoms with Crippen LogP contribution >= 0.6 is 0 Å². The van der Waals surface area contributed by atoms with Crippen LogP contribution < -0.4 is 20.2 Å². The number of carbonyl (C=O) groups is 1. The van der Waals surface area contributed by atoms with Gasteiger partial charge in [-0.25, -0.2) is 4.68 Å². The lowest BCUT2D eigenvalue weighted by atomic mass is 10.1. The van der Waals surface area contributed by atoms with Gasteiger partial charge in [0.25, 0.3) is 5.91 Å². The Morgan fingerprint density at radius 1 is 1.06 bits per heavy atom. The summed E-state index contributed by atoms with van der Waals surface area (Å²) in [5.74, 6) is -0.191. The molecule has 0 unspecified atom stereocenters. The number of para-hydroxylation sites is 1. The normalized spacial score (nSPS) is 11.2. The van der Waals surface area contributed by atoms with E-state index in [2.05, 4.69) is 10.4 Å². The third kappa shape index (κ3) is 4.52. The van der Waals surface area contributed by atoms with Crippen LogP contribution in [0.2, 0.25) is 0 Å². The molecule has 0 aliphatic carbocycles. The number of halogens is 3. The molecule has 3 aromatic rings. The average molecular weight is 433 g/mol. The molecule has 1 aromatic heterocycles. The highest BCUT2D eigenvalue weighted by molar-refractivity contribution is 6.03. The van der Waals surface area contributed by atoms with Crippen molar-refractivity contribution in [2.75, 3.05) is 19.5 Å². The Kier molecular flexibility index (Phi) is 6.00. The zero-order valence-corrected chi connectivity index (χ0v) is 16.8. The first-order valence-electron chi connectivity index (χ1n) is 8.96. The number of nitrogens with one attached hydrogen (secondary N) is 1. The second-order valence-electron chi connectivity index (χ2n) is 6.45. The Balaban J connectivity index is 2.08. The molecule has 0 aliphatic rings. The molecule has 2 aromatic carbocycles. The maximum absolute atomic E-state index is 13.4. The van der Waals surface area contributed by atoms with E-state index >= 15 is 0 Å². The lowest BCUT2D eigenvalue weighted by molar-refractivity contribution is -0.137. The monoisotopic (exact) mass is 433 g/mol. The van der Waals surface area contributed by atoms with Crippen LogP contribution in [0.5, 0.6) is 11.5 Å². The van der Waals surface area contributed by atoms with Crippen LogP contribution in [0.15, 0.2) is 53.3 Å². The third-order valence-corrected chi connectivity index (χ3v) is 4.42. The molecular formula is C21H18F3N3O4. The average Bonchev–Trinajstić information content (AvgIpc) is 2.73. The number of nitrogens with zero attached hydrogens (tertiary/aromatic N) is 2. The van der Waals surface area contributed by atoms with Crippen molar-refractivity contribution in [3.63, 3.8) is 0 Å². The molecule has 0 fully saturated rings. The van der Waals surface area contributed by atoms with Gasteiger partial charge in [0.15, 0.2) is 5.69 Å². The lowest BCUT2D eigenvalue weighted by Gasteiger charge is -2.17. The van der Waals surface area contributed by atoms with Crippen molar-refractivity contribution in [2.24, 2.45) is 0 Å². The van der Waals surface area contributed by atoms with Crippen LogP contribution in [-0.2, 0) is 6.18 Å². The predicted octanol–water partition coefficient (Wildman–Crippen LogP) is 3.83. The van der Waals surface area contributed by atoms with Crippen molar-refractivity contribution in [1.29, 1.82) is 0 Å². The number of alkyl halides is 3. The summed E-state index contributed by atoms with van der Waals surface area (Å²) in [6, 6.07) is 10.4. The molecule has 0 spiro atoms. The molecule has 162 valence electrons. The number of ether oxygens (including phenoxy) is 2. The summed E-state index contributed by atoms with van der Waals surface area (Å²) in [6.45, 7) is 1.42. The summed E-state index contributed by atoms with van der Waals surface area (Å²) in [5.41, 5.74) is -2.23. The SMILES string of the molecule is COc1ccc(OC)c(NC(=O)c2nn(-c3ccccc3C(F)(F)F)c(C)cc2=O)c1. The number of anilines is 1. The molecule has 10 heteroatoms. The van der Waals surface area contributed by atoms with Gasteiger partial charge < -0.3 is 14.8 Å². The number of hydrogen-bond donors (Lipinski definition) is 1. The van der Waals surface area contributed by atoms with E-state index in [1.54, 1.807) is 12.1 Å². The highest BCUT2D eigenvalue weighted by Crippen LogP contribution is 2.34. The zero-order chi connectivity index (χ0) is 22.8. The Labute approximate surface area is 175 Å². The number of aromatic nitrogens is 2. The Bertz CT molecular complexity index is 1190. The largest absolute Gasteiger partial charge is 0.497 e. The van der Waals surface area contributed by atoms with Gasteiger partial charge in [-0.2, -0.15) is 18.3 Å². The summed E-state index contributed by atoms with van der Waals surface area (Å²) in [5, 5.41) is 6.42. The van der Waals surface area contributed by atoms with Crippen LogP contribution in [0.4, 0.5) is 18.9 Å². The van der Waals surface area contributed by atoms with Crippen molar-refractivity contribution >= 4 is 11.6 Å². The highest BCUT2D eigenvalue weighted by Gasteiger charge is 2.34. The van der Waals surface area contributed by atoms with E-state index in [1.807, 2.05) is 0 Å². The van der Waals surface area contributed by atoms with Gasteiger partial charge in [-0.15, -0.1) is 0 Å². The molecule has 1 N–H and O–H groups in total. The maximum atomic E-state index is 13.4. The second kappa shape index (κ2) is 8.50. The van der Waals surface area contributed by atoms with Crippen molar-refractivity contribution in [2.45, 2.75) is 13.1 Å². The summed E-state index contributed by atoms with van der Waals surface area (Å²) in [7, 11) is 2.83. The first kappa shape index (κ1) is 21.9. The van der Waals surface area contributed by atoms with Gasteiger partial charge in [0.2, 0.25) is 5.43 Å². The molecule has 0 atom stereocenters. The molecular weight excluding hydrogens is 415 g/mol. The minimum atomic E-state index is -4.65. The lowest BCUT2D eigenvalue weighted by Crippen LogP contribution is -2.27. The highest BCUT2D eigenvalue weighted by atomic mass is 19.4. The number of carbonyl (C=O) groups excluding carboxylic acids is 1. The Hall–Kier alpha value is -3.82. The predicted molar refractivity (Wildman–Crippen MR) is 107 cm³/mol. The van der Waals surface area contributed by atoms with E-state index in [9.17, 15) is 22.8 Å². The number of hydrogen-bond acceptors (Lipinski definition) is 5. The minimum absolute atomic E-state index is 0.136. The summed E-state index contributed by atoms with van der Waals surface area (Å²) in [6.07, 6.45) is -4.65. The summed E-state index contributed by atoms with van der Waals surface area (Å²) in [4.78, 5) is 25.2. The number of methoxy groups -OCH3 is 2. The maximum Gasteiger partial charge on any atom is 0.418 e. The van der Waals surface area contributed by atoms with Crippen LogP contribution in [0, 0.1) is 6.92 Å². The van der Waals surface area contributed by atoms with Gasteiger partial charge in [-0.1, -0.05) is 12.1 Å². The van der Waals surface area contributed by atoms with Gasteiger partial charge in [-0.05, 0) is 31.2 Å². The van der Waals surface area contributed by atoms with Crippen molar-refractivity contribution < 1.29 is 27.4 Å². The number of benzene rings is 2. The third-order valence-electron chi connectivity index (χ3n) is 4.42. The van der Waals surface area contributed by atoms with Gasteiger partial charge in [0, 0.05) is 17.8 Å². The van der Waals surface area contributed by atoms with E-state index in [-0.39, 0.29) is 17.1 Å². The molecule has 0 bridgehead atoms. The topological polar surface area (TPSA) is 82.4 Å². The van der Waals surface area contributed by atoms with Gasteiger partial charge in [-0.3, -0.25) is 9.59 Å². The summed E-state index contributed by atoms with van der Waals surface area (Å²) < 4.78 is 51.5. The molecule has 31 heavy (non-hydrogen) atoms. The minimum Gasteiger partial charge on any atom is -0.497 e. The van der Waals surface area contributed by atoms with Gasteiger partial charge in [0.05, 0.1) is 31.2 Å². The van der Waals surface area contributed by atoms with Crippen LogP contribution in [-0.4, -0.2) is 29.9 Å². The van der Waals surface area contributed by atoms with Gasteiger partial charge in [0.1, 0.15) is 11.5 Å².